The van der Waals surface area contributed by atoms with Crippen LogP contribution in [0.1, 0.15) is 33.7 Å². The highest BCUT2D eigenvalue weighted by Gasteiger charge is 2.24. The minimum Gasteiger partial charge on any atom is -0.305 e. The van der Waals surface area contributed by atoms with Gasteiger partial charge < -0.3 is 5.32 Å². The topological polar surface area (TPSA) is 72.7 Å². The number of fused-ring (bicyclic) bond motifs is 2. The number of carbonyl (C=O) groups is 1. The van der Waals surface area contributed by atoms with Crippen molar-refractivity contribution in [3.63, 3.8) is 0 Å². The Hall–Kier alpha value is -3.54. The molecule has 0 radical (unpaired) electrons. The van der Waals surface area contributed by atoms with Crippen molar-refractivity contribution in [2.45, 2.75) is 25.8 Å². The van der Waals surface area contributed by atoms with Gasteiger partial charge in [0.05, 0.1) is 23.3 Å². The maximum Gasteiger partial charge on any atom is 0.257 e. The Balaban J connectivity index is 1.44. The maximum atomic E-state index is 13.2. The second kappa shape index (κ2) is 6.88. The van der Waals surface area contributed by atoms with E-state index in [1.807, 2.05) is 54.7 Å². The van der Waals surface area contributed by atoms with Gasteiger partial charge in [0.15, 0.2) is 5.82 Å². The highest BCUT2D eigenvalue weighted by atomic mass is 16.1. The van der Waals surface area contributed by atoms with Crippen LogP contribution in [0.2, 0.25) is 0 Å². The molecule has 1 amide bonds. The molecular weight excluding hydrogens is 350 g/mol. The zero-order valence-corrected chi connectivity index (χ0v) is 15.3. The number of hydrogen-bond acceptors (Lipinski definition) is 4. The summed E-state index contributed by atoms with van der Waals surface area (Å²) in [6.45, 7) is 0.560. The lowest BCUT2D eigenvalue weighted by Crippen LogP contribution is -2.16. The summed E-state index contributed by atoms with van der Waals surface area (Å²) in [7, 11) is 0. The van der Waals surface area contributed by atoms with E-state index < -0.39 is 0 Å². The molecule has 3 aromatic heterocycles. The summed E-state index contributed by atoms with van der Waals surface area (Å²) in [5.41, 5.74) is 4.64. The molecule has 5 rings (SSSR count). The third-order valence-corrected chi connectivity index (χ3v) is 5.08. The molecule has 0 saturated carbocycles. The smallest absolute Gasteiger partial charge is 0.257 e. The molecule has 1 aliphatic rings. The molecule has 1 aromatic carbocycles. The van der Waals surface area contributed by atoms with Gasteiger partial charge in [-0.15, -0.1) is 0 Å². The quantitative estimate of drug-likeness (QED) is 0.596. The zero-order chi connectivity index (χ0) is 18.9. The van der Waals surface area contributed by atoms with E-state index in [0.29, 0.717) is 12.4 Å². The molecule has 1 N–H and O–H groups in total. The van der Waals surface area contributed by atoms with Crippen LogP contribution in [-0.4, -0.2) is 25.7 Å². The van der Waals surface area contributed by atoms with Crippen molar-refractivity contribution in [2.75, 3.05) is 5.32 Å². The molecule has 0 fully saturated rings. The number of hydrogen-bond donors (Lipinski definition) is 1. The number of amides is 1. The fourth-order valence-electron chi connectivity index (χ4n) is 3.82. The minimum atomic E-state index is -0.125. The van der Waals surface area contributed by atoms with Gasteiger partial charge in [-0.2, -0.15) is 5.10 Å². The van der Waals surface area contributed by atoms with Crippen LogP contribution < -0.4 is 5.32 Å². The molecule has 0 unspecified atom stereocenters. The van der Waals surface area contributed by atoms with Gasteiger partial charge >= 0.3 is 0 Å². The van der Waals surface area contributed by atoms with Crippen molar-refractivity contribution < 1.29 is 4.79 Å². The van der Waals surface area contributed by atoms with E-state index in [-0.39, 0.29) is 5.91 Å². The van der Waals surface area contributed by atoms with Crippen molar-refractivity contribution in [3.8, 4) is 0 Å². The van der Waals surface area contributed by atoms with Gasteiger partial charge in [-0.1, -0.05) is 24.3 Å². The first kappa shape index (κ1) is 16.6. The SMILES string of the molecule is O=C(Nc1ccn(Cc2ccccn2)n1)c1c2c(nc3ccccc13)CCC2. The van der Waals surface area contributed by atoms with Crippen LogP contribution in [0, 0.1) is 0 Å². The Kier molecular flexibility index (Phi) is 4.09. The summed E-state index contributed by atoms with van der Waals surface area (Å²) in [6.07, 6.45) is 6.47. The second-order valence-corrected chi connectivity index (χ2v) is 6.96. The van der Waals surface area contributed by atoms with Gasteiger partial charge in [0.1, 0.15) is 0 Å². The molecule has 0 aliphatic heterocycles. The third kappa shape index (κ3) is 3.03. The Labute approximate surface area is 162 Å². The first-order valence-corrected chi connectivity index (χ1v) is 9.43. The van der Waals surface area contributed by atoms with Crippen LogP contribution in [0.5, 0.6) is 0 Å². The van der Waals surface area contributed by atoms with E-state index in [0.717, 1.165) is 52.7 Å². The van der Waals surface area contributed by atoms with Gasteiger partial charge in [-0.25, -0.2) is 0 Å². The molecule has 0 atom stereocenters. The fourth-order valence-corrected chi connectivity index (χ4v) is 3.82. The van der Waals surface area contributed by atoms with E-state index in [9.17, 15) is 4.79 Å². The number of anilines is 1. The predicted octanol–water partition coefficient (Wildman–Crippen LogP) is 3.62. The average Bonchev–Trinajstić information content (AvgIpc) is 3.35. The molecule has 4 aromatic rings. The van der Waals surface area contributed by atoms with E-state index in [1.54, 1.807) is 10.9 Å². The normalized spacial score (nSPS) is 12.9. The van der Waals surface area contributed by atoms with E-state index in [2.05, 4.69) is 15.4 Å². The number of para-hydroxylation sites is 1. The molecule has 0 saturated heterocycles. The number of nitrogens with one attached hydrogen (secondary N) is 1. The van der Waals surface area contributed by atoms with Crippen molar-refractivity contribution in [1.82, 2.24) is 19.7 Å². The number of carbonyl (C=O) groups excluding carboxylic acids is 1. The molecule has 6 nitrogen and oxygen atoms in total. The van der Waals surface area contributed by atoms with Gasteiger partial charge in [0.2, 0.25) is 0 Å². The summed E-state index contributed by atoms with van der Waals surface area (Å²) in [5, 5.41) is 8.34. The summed E-state index contributed by atoms with van der Waals surface area (Å²) >= 11 is 0. The molecule has 3 heterocycles. The molecule has 138 valence electrons. The number of aryl methyl sites for hydroxylation is 1. The van der Waals surface area contributed by atoms with Gasteiger partial charge in [-0.3, -0.25) is 19.4 Å². The molecule has 1 aliphatic carbocycles. The molecule has 0 bridgehead atoms. The maximum absolute atomic E-state index is 13.2. The lowest BCUT2D eigenvalue weighted by molar-refractivity contribution is 0.102. The fraction of sp³-hybridized carbons (Fsp3) is 0.182. The first-order chi connectivity index (χ1) is 13.8. The van der Waals surface area contributed by atoms with E-state index >= 15 is 0 Å². The lowest BCUT2D eigenvalue weighted by Gasteiger charge is -2.11. The van der Waals surface area contributed by atoms with Crippen LogP contribution >= 0.6 is 0 Å². The summed E-state index contributed by atoms with van der Waals surface area (Å²) in [5.74, 6) is 0.411. The largest absolute Gasteiger partial charge is 0.305 e. The molecular formula is C22H19N5O. The van der Waals surface area contributed by atoms with E-state index in [1.165, 1.54) is 0 Å². The average molecular weight is 369 g/mol. The van der Waals surface area contributed by atoms with Crippen molar-refractivity contribution >= 4 is 22.6 Å². The zero-order valence-electron chi connectivity index (χ0n) is 15.3. The monoisotopic (exact) mass is 369 g/mol. The standard InChI is InChI=1S/C22H19N5O/c28-22(25-20-11-13-27(26-20)14-15-6-3-4-12-23-15)21-16-7-1-2-9-18(16)24-19-10-5-8-17(19)21/h1-4,6-7,9,11-13H,5,8,10,14H2,(H,25,26,28). The first-order valence-electron chi connectivity index (χ1n) is 9.43. The van der Waals surface area contributed by atoms with Crippen LogP contribution in [0.25, 0.3) is 10.9 Å². The Morgan fingerprint density at radius 3 is 2.86 bits per heavy atom. The molecule has 0 spiro atoms. The van der Waals surface area contributed by atoms with Gasteiger partial charge in [-0.05, 0) is 43.0 Å². The summed E-state index contributed by atoms with van der Waals surface area (Å²) in [6, 6.07) is 15.4. The number of pyridine rings is 2. The van der Waals surface area contributed by atoms with E-state index in [4.69, 9.17) is 4.98 Å². The predicted molar refractivity (Wildman–Crippen MR) is 107 cm³/mol. The number of benzene rings is 1. The highest BCUT2D eigenvalue weighted by molar-refractivity contribution is 6.13. The second-order valence-electron chi connectivity index (χ2n) is 6.96. The van der Waals surface area contributed by atoms with Gasteiger partial charge in [0.25, 0.3) is 5.91 Å². The molecule has 28 heavy (non-hydrogen) atoms. The number of nitrogens with zero attached hydrogens (tertiary/aromatic N) is 4. The van der Waals surface area contributed by atoms with Crippen molar-refractivity contribution in [3.05, 3.63) is 83.4 Å². The Bertz CT molecular complexity index is 1170. The lowest BCUT2D eigenvalue weighted by atomic mass is 10.0. The van der Waals surface area contributed by atoms with Crippen molar-refractivity contribution in [1.29, 1.82) is 0 Å². The third-order valence-electron chi connectivity index (χ3n) is 5.08. The van der Waals surface area contributed by atoms with Gasteiger partial charge in [0, 0.05) is 29.5 Å². The summed E-state index contributed by atoms with van der Waals surface area (Å²) in [4.78, 5) is 22.2. The molecule has 6 heteroatoms. The Morgan fingerprint density at radius 1 is 1.07 bits per heavy atom. The van der Waals surface area contributed by atoms with Crippen LogP contribution in [0.15, 0.2) is 60.9 Å². The van der Waals surface area contributed by atoms with Crippen molar-refractivity contribution in [2.24, 2.45) is 0 Å². The number of rotatable bonds is 4. The minimum absolute atomic E-state index is 0.125. The highest BCUT2D eigenvalue weighted by Crippen LogP contribution is 2.30. The Morgan fingerprint density at radius 2 is 1.96 bits per heavy atom. The van der Waals surface area contributed by atoms with Crippen LogP contribution in [0.3, 0.4) is 0 Å². The van der Waals surface area contributed by atoms with Crippen LogP contribution in [-0.2, 0) is 19.4 Å². The summed E-state index contributed by atoms with van der Waals surface area (Å²) < 4.78 is 1.77. The van der Waals surface area contributed by atoms with Crippen LogP contribution in [0.4, 0.5) is 5.82 Å². The number of aromatic nitrogens is 4.